The number of carboxylic acids is 1. The summed E-state index contributed by atoms with van der Waals surface area (Å²) in [5, 5.41) is 36.6. The molecular weight excluding hydrogens is 567 g/mol. The Hall–Kier alpha value is -2.49. The Morgan fingerprint density at radius 3 is 2.64 bits per heavy atom. The Bertz CT molecular complexity index is 1360. The van der Waals surface area contributed by atoms with Gasteiger partial charge in [-0.1, -0.05) is 29.8 Å². The van der Waals surface area contributed by atoms with Crippen molar-refractivity contribution in [1.82, 2.24) is 9.78 Å². The van der Waals surface area contributed by atoms with Gasteiger partial charge in [-0.15, -0.1) is 0 Å². The molecule has 3 atom stereocenters. The second-order valence-electron chi connectivity index (χ2n) is 10.5. The van der Waals surface area contributed by atoms with Crippen molar-refractivity contribution in [2.24, 2.45) is 11.3 Å². The minimum Gasteiger partial charge on any atom is -0.479 e. The minimum absolute atomic E-state index is 0.305. The number of rotatable bonds is 7. The van der Waals surface area contributed by atoms with E-state index in [1.54, 1.807) is 12.1 Å². The number of benzene rings is 2. The highest BCUT2D eigenvalue weighted by atomic mass is 127. The van der Waals surface area contributed by atoms with E-state index in [2.05, 4.69) is 52.9 Å². The van der Waals surface area contributed by atoms with Crippen LogP contribution in [0.1, 0.15) is 60.6 Å². The molecule has 186 valence electrons. The van der Waals surface area contributed by atoms with E-state index in [1.807, 2.05) is 23.0 Å². The van der Waals surface area contributed by atoms with E-state index < -0.39 is 17.7 Å². The van der Waals surface area contributed by atoms with Crippen LogP contribution in [-0.4, -0.2) is 36.7 Å². The first-order valence-electron chi connectivity index (χ1n) is 12.6. The van der Waals surface area contributed by atoms with Crippen molar-refractivity contribution in [3.63, 3.8) is 0 Å². The van der Waals surface area contributed by atoms with Crippen molar-refractivity contribution in [3.05, 3.63) is 86.3 Å². The number of halogens is 1. The molecule has 6 nitrogen and oxygen atoms in total. The van der Waals surface area contributed by atoms with Crippen LogP contribution in [0, 0.1) is 14.9 Å². The van der Waals surface area contributed by atoms with Gasteiger partial charge in [-0.2, -0.15) is 5.10 Å². The van der Waals surface area contributed by atoms with E-state index in [-0.39, 0.29) is 5.41 Å². The Balaban J connectivity index is 1.33. The summed E-state index contributed by atoms with van der Waals surface area (Å²) < 4.78 is 3.19. The Morgan fingerprint density at radius 1 is 1.17 bits per heavy atom. The largest absolute Gasteiger partial charge is 0.479 e. The van der Waals surface area contributed by atoms with Crippen molar-refractivity contribution in [2.45, 2.75) is 56.7 Å². The van der Waals surface area contributed by atoms with Gasteiger partial charge in [0.15, 0.2) is 6.10 Å². The van der Waals surface area contributed by atoms with Crippen LogP contribution >= 0.6 is 22.6 Å². The summed E-state index contributed by atoms with van der Waals surface area (Å²) in [4.78, 5) is 11.4. The zero-order valence-corrected chi connectivity index (χ0v) is 22.1. The molecule has 0 amide bonds. The molecule has 0 aliphatic heterocycles. The van der Waals surface area contributed by atoms with Crippen LogP contribution in [0.15, 0.2) is 60.3 Å². The van der Waals surface area contributed by atoms with Crippen molar-refractivity contribution in [1.29, 1.82) is 0 Å². The third-order valence-electron chi connectivity index (χ3n) is 8.61. The van der Waals surface area contributed by atoms with Crippen LogP contribution in [0.5, 0.6) is 0 Å². The SMILES string of the molecule is O=C(O)C(O)c1ccccc1CC[C@]1(O)CCC2=Cc3c(cnn3-c3ccc(I)cc3)CC21C1CC1. The maximum absolute atomic E-state index is 12.3. The average Bonchev–Trinajstić information content (AvgIpc) is 3.60. The molecule has 0 bridgehead atoms. The van der Waals surface area contributed by atoms with Gasteiger partial charge in [0.25, 0.3) is 0 Å². The topological polar surface area (TPSA) is 95.6 Å². The number of nitrogens with zero attached hydrogens (tertiary/aromatic N) is 2. The molecule has 2 unspecified atom stereocenters. The number of aliphatic carboxylic acids is 1. The van der Waals surface area contributed by atoms with Gasteiger partial charge in [0, 0.05) is 8.99 Å². The summed E-state index contributed by atoms with van der Waals surface area (Å²) in [5.74, 6) is -0.808. The Labute approximate surface area is 223 Å². The van der Waals surface area contributed by atoms with Gasteiger partial charge in [0.05, 0.1) is 23.2 Å². The highest BCUT2D eigenvalue weighted by Crippen LogP contribution is 2.66. The van der Waals surface area contributed by atoms with Crippen LogP contribution in [0.2, 0.25) is 0 Å². The standard InChI is InChI=1S/C29H29IN2O4/c30-22-7-9-23(10-8-22)32-25-15-21-12-14-28(36,29(21,20-5-6-20)16-19(25)17-31-32)13-11-18-3-1-2-4-24(18)26(33)27(34)35/h1-4,7-10,15,17,20,26,33,36H,5-6,11-14,16H2,(H,34,35)/t26?,28-,29?/m0/s1. The number of hydrogen-bond donors (Lipinski definition) is 3. The highest BCUT2D eigenvalue weighted by Gasteiger charge is 2.63. The normalized spacial score (nSPS) is 25.7. The monoisotopic (exact) mass is 596 g/mol. The molecule has 7 heteroatoms. The maximum atomic E-state index is 12.3. The van der Waals surface area contributed by atoms with Gasteiger partial charge in [0.2, 0.25) is 0 Å². The first-order valence-corrected chi connectivity index (χ1v) is 13.7. The number of carboxylic acid groups (broad SMARTS) is 1. The van der Waals surface area contributed by atoms with Gasteiger partial charge in [0.1, 0.15) is 0 Å². The number of aliphatic hydroxyl groups is 2. The van der Waals surface area contributed by atoms with Crippen LogP contribution in [-0.2, 0) is 17.6 Å². The molecule has 3 aliphatic carbocycles. The van der Waals surface area contributed by atoms with Gasteiger partial charge in [-0.3, -0.25) is 0 Å². The molecule has 0 saturated heterocycles. The van der Waals surface area contributed by atoms with Crippen molar-refractivity contribution in [3.8, 4) is 5.69 Å². The first-order chi connectivity index (χ1) is 17.3. The van der Waals surface area contributed by atoms with E-state index in [9.17, 15) is 20.1 Å². The molecule has 2 aromatic carbocycles. The van der Waals surface area contributed by atoms with Crippen LogP contribution in [0.25, 0.3) is 11.8 Å². The highest BCUT2D eigenvalue weighted by molar-refractivity contribution is 14.1. The average molecular weight is 596 g/mol. The maximum Gasteiger partial charge on any atom is 0.337 e. The first kappa shape index (κ1) is 23.9. The van der Waals surface area contributed by atoms with Crippen LogP contribution in [0.4, 0.5) is 0 Å². The van der Waals surface area contributed by atoms with E-state index in [4.69, 9.17) is 5.10 Å². The molecule has 36 heavy (non-hydrogen) atoms. The zero-order chi connectivity index (χ0) is 25.1. The van der Waals surface area contributed by atoms with E-state index in [0.717, 1.165) is 42.6 Å². The van der Waals surface area contributed by atoms with Crippen molar-refractivity contribution in [2.75, 3.05) is 0 Å². The lowest BCUT2D eigenvalue weighted by molar-refractivity contribution is -0.147. The number of fused-ring (bicyclic) bond motifs is 2. The van der Waals surface area contributed by atoms with Gasteiger partial charge < -0.3 is 15.3 Å². The number of hydrogen-bond acceptors (Lipinski definition) is 4. The summed E-state index contributed by atoms with van der Waals surface area (Å²) in [5.41, 5.74) is 4.65. The molecule has 1 aromatic heterocycles. The molecule has 2 fully saturated rings. The summed E-state index contributed by atoms with van der Waals surface area (Å²) in [7, 11) is 0. The fourth-order valence-electron chi connectivity index (χ4n) is 6.71. The number of carbonyl (C=O) groups is 1. The second kappa shape index (κ2) is 8.82. The summed E-state index contributed by atoms with van der Waals surface area (Å²) in [6, 6.07) is 15.5. The summed E-state index contributed by atoms with van der Waals surface area (Å²) >= 11 is 2.31. The second-order valence-corrected chi connectivity index (χ2v) is 11.8. The molecule has 3 N–H and O–H groups in total. The molecule has 0 spiro atoms. The van der Waals surface area contributed by atoms with Crippen molar-refractivity contribution < 1.29 is 20.1 Å². The lowest BCUT2D eigenvalue weighted by atomic mass is 9.61. The molecular formula is C29H29IN2O4. The van der Waals surface area contributed by atoms with E-state index in [1.165, 1.54) is 14.7 Å². The third-order valence-corrected chi connectivity index (χ3v) is 9.33. The zero-order valence-electron chi connectivity index (χ0n) is 19.9. The fourth-order valence-corrected chi connectivity index (χ4v) is 7.07. The lowest BCUT2D eigenvalue weighted by Crippen LogP contribution is -2.49. The Morgan fingerprint density at radius 2 is 1.92 bits per heavy atom. The molecule has 3 aromatic rings. The summed E-state index contributed by atoms with van der Waals surface area (Å²) in [6.45, 7) is 0. The van der Waals surface area contributed by atoms with Crippen LogP contribution in [0.3, 0.4) is 0 Å². The number of aliphatic hydroxyl groups excluding tert-OH is 1. The third kappa shape index (κ3) is 3.74. The van der Waals surface area contributed by atoms with Gasteiger partial charge in [-0.05, 0) is 120 Å². The predicted octanol–water partition coefficient (Wildman–Crippen LogP) is 5.09. The summed E-state index contributed by atoms with van der Waals surface area (Å²) in [6.07, 6.45) is 8.30. The predicted molar refractivity (Wildman–Crippen MR) is 145 cm³/mol. The quantitative estimate of drug-likeness (QED) is 0.331. The van der Waals surface area contributed by atoms with E-state index in [0.29, 0.717) is 30.7 Å². The molecule has 2 saturated carbocycles. The van der Waals surface area contributed by atoms with Gasteiger partial charge >= 0.3 is 5.97 Å². The Kier molecular flexibility index (Phi) is 5.85. The molecule has 3 aliphatic rings. The van der Waals surface area contributed by atoms with Crippen molar-refractivity contribution >= 4 is 34.6 Å². The lowest BCUT2D eigenvalue weighted by Gasteiger charge is -2.46. The molecule has 1 heterocycles. The molecule has 0 radical (unpaired) electrons. The van der Waals surface area contributed by atoms with Crippen LogP contribution < -0.4 is 0 Å². The number of aromatic nitrogens is 2. The number of aryl methyl sites for hydroxylation is 1. The molecule has 6 rings (SSSR count). The van der Waals surface area contributed by atoms with Gasteiger partial charge in [-0.25, -0.2) is 9.48 Å². The fraction of sp³-hybridized carbons (Fsp3) is 0.379. The van der Waals surface area contributed by atoms with E-state index >= 15 is 0 Å². The minimum atomic E-state index is -1.56. The smallest absolute Gasteiger partial charge is 0.337 e.